The van der Waals surface area contributed by atoms with Gasteiger partial charge in [-0.15, -0.1) is 0 Å². The highest BCUT2D eigenvalue weighted by Crippen LogP contribution is 2.27. The smallest absolute Gasteiger partial charge is 0.244 e. The lowest BCUT2D eigenvalue weighted by Gasteiger charge is -2.22. The molecule has 0 saturated carbocycles. The fourth-order valence-electron chi connectivity index (χ4n) is 1.66. The Morgan fingerprint density at radius 2 is 2.14 bits per heavy atom. The van der Waals surface area contributed by atoms with E-state index in [1.165, 1.54) is 17.8 Å². The van der Waals surface area contributed by atoms with Crippen LogP contribution in [0.2, 0.25) is 0 Å². The molecule has 1 rings (SSSR count). The van der Waals surface area contributed by atoms with Crippen molar-refractivity contribution in [3.63, 3.8) is 0 Å². The molecule has 0 radical (unpaired) electrons. The van der Waals surface area contributed by atoms with E-state index in [-0.39, 0.29) is 17.2 Å². The Hall–Kier alpha value is -0.280. The largest absolute Gasteiger partial charge is 0.492 e. The topological polar surface area (TPSA) is 75.6 Å². The monoisotopic (exact) mass is 397 g/mol. The molecule has 1 aromatic carbocycles. The molecule has 8 heteroatoms. The van der Waals surface area contributed by atoms with Crippen molar-refractivity contribution in [1.29, 1.82) is 0 Å². The number of nitrogens with one attached hydrogen (secondary N) is 1. The average molecular weight is 398 g/mol. The van der Waals surface area contributed by atoms with Gasteiger partial charge in [-0.05, 0) is 38.3 Å². The SMILES string of the molecule is CCOc1ccc(Br)cc1S(=O)(=O)NCC(C)(O)CSC. The van der Waals surface area contributed by atoms with Gasteiger partial charge in [-0.1, -0.05) is 15.9 Å². The standard InChI is InChI=1S/C13H20BrNO4S2/c1-4-19-11-6-5-10(14)7-12(11)21(17,18)15-8-13(2,16)9-20-3/h5-7,15-16H,4,8-9H2,1-3H3. The zero-order chi connectivity index (χ0) is 16.1. The summed E-state index contributed by atoms with van der Waals surface area (Å²) in [6, 6.07) is 4.80. The van der Waals surface area contributed by atoms with Crippen molar-refractivity contribution in [2.24, 2.45) is 0 Å². The number of hydrogen-bond acceptors (Lipinski definition) is 5. The summed E-state index contributed by atoms with van der Waals surface area (Å²) >= 11 is 4.71. The third kappa shape index (κ3) is 5.78. The highest BCUT2D eigenvalue weighted by atomic mass is 79.9. The van der Waals surface area contributed by atoms with E-state index < -0.39 is 15.6 Å². The Morgan fingerprint density at radius 3 is 2.71 bits per heavy atom. The van der Waals surface area contributed by atoms with E-state index in [9.17, 15) is 13.5 Å². The van der Waals surface area contributed by atoms with Crippen molar-refractivity contribution in [2.75, 3.05) is 25.2 Å². The van der Waals surface area contributed by atoms with Gasteiger partial charge in [0.1, 0.15) is 10.6 Å². The molecule has 0 amide bonds. The molecule has 2 N–H and O–H groups in total. The molecular weight excluding hydrogens is 378 g/mol. The van der Waals surface area contributed by atoms with Gasteiger partial charge in [0.2, 0.25) is 10.0 Å². The quantitative estimate of drug-likeness (QED) is 0.703. The van der Waals surface area contributed by atoms with Crippen LogP contribution >= 0.6 is 27.7 Å². The molecule has 0 heterocycles. The maximum Gasteiger partial charge on any atom is 0.244 e. The lowest BCUT2D eigenvalue weighted by Crippen LogP contribution is -2.42. The van der Waals surface area contributed by atoms with Crippen molar-refractivity contribution < 1.29 is 18.3 Å². The van der Waals surface area contributed by atoms with E-state index in [1.807, 2.05) is 6.26 Å². The third-order valence-corrected chi connectivity index (χ3v) is 5.42. The molecule has 0 aliphatic rings. The summed E-state index contributed by atoms with van der Waals surface area (Å²) in [6.07, 6.45) is 1.85. The first-order chi connectivity index (χ1) is 9.72. The Labute approximate surface area is 138 Å². The second-order valence-electron chi connectivity index (χ2n) is 4.78. The van der Waals surface area contributed by atoms with Crippen LogP contribution in [0.5, 0.6) is 5.75 Å². The number of halogens is 1. The maximum atomic E-state index is 12.4. The van der Waals surface area contributed by atoms with Crippen molar-refractivity contribution in [3.05, 3.63) is 22.7 Å². The van der Waals surface area contributed by atoms with Crippen molar-refractivity contribution in [3.8, 4) is 5.75 Å². The highest BCUT2D eigenvalue weighted by molar-refractivity contribution is 9.10. The molecule has 0 spiro atoms. The molecule has 5 nitrogen and oxygen atoms in total. The predicted octanol–water partition coefficient (Wildman–Crippen LogP) is 2.24. The summed E-state index contributed by atoms with van der Waals surface area (Å²) in [6.45, 7) is 3.69. The second-order valence-corrected chi connectivity index (χ2v) is 8.30. The summed E-state index contributed by atoms with van der Waals surface area (Å²) in [5.41, 5.74) is -1.11. The normalized spacial score (nSPS) is 14.7. The molecule has 1 atom stereocenters. The summed E-state index contributed by atoms with van der Waals surface area (Å²) < 4.78 is 33.2. The number of aliphatic hydroxyl groups is 1. The summed E-state index contributed by atoms with van der Waals surface area (Å²) in [4.78, 5) is 0.0543. The molecule has 1 unspecified atom stereocenters. The van der Waals surface area contributed by atoms with Gasteiger partial charge in [-0.25, -0.2) is 13.1 Å². The van der Waals surface area contributed by atoms with E-state index in [2.05, 4.69) is 20.7 Å². The van der Waals surface area contributed by atoms with Crippen LogP contribution in [0.1, 0.15) is 13.8 Å². The first-order valence-electron chi connectivity index (χ1n) is 6.35. The minimum atomic E-state index is -3.76. The van der Waals surface area contributed by atoms with Gasteiger partial charge in [0.25, 0.3) is 0 Å². The summed E-state index contributed by atoms with van der Waals surface area (Å²) in [7, 11) is -3.76. The number of hydrogen-bond donors (Lipinski definition) is 2. The van der Waals surface area contributed by atoms with E-state index in [4.69, 9.17) is 4.74 Å². The molecule has 21 heavy (non-hydrogen) atoms. The lowest BCUT2D eigenvalue weighted by molar-refractivity contribution is 0.0908. The van der Waals surface area contributed by atoms with Crippen LogP contribution in [-0.4, -0.2) is 44.3 Å². The Morgan fingerprint density at radius 1 is 1.48 bits per heavy atom. The van der Waals surface area contributed by atoms with Gasteiger partial charge in [0.05, 0.1) is 12.2 Å². The van der Waals surface area contributed by atoms with Crippen LogP contribution < -0.4 is 9.46 Å². The van der Waals surface area contributed by atoms with Crippen LogP contribution in [0, 0.1) is 0 Å². The molecular formula is C13H20BrNO4S2. The number of benzene rings is 1. The van der Waals surface area contributed by atoms with Crippen LogP contribution in [-0.2, 0) is 10.0 Å². The number of thioether (sulfide) groups is 1. The highest BCUT2D eigenvalue weighted by Gasteiger charge is 2.26. The number of rotatable bonds is 8. The van der Waals surface area contributed by atoms with Crippen LogP contribution in [0.3, 0.4) is 0 Å². The summed E-state index contributed by atoms with van der Waals surface area (Å²) in [5, 5.41) is 10.1. The van der Waals surface area contributed by atoms with Crippen LogP contribution in [0.4, 0.5) is 0 Å². The van der Waals surface area contributed by atoms with Crippen molar-refractivity contribution >= 4 is 37.7 Å². The molecule has 120 valence electrons. The predicted molar refractivity (Wildman–Crippen MR) is 89.5 cm³/mol. The first-order valence-corrected chi connectivity index (χ1v) is 10.0. The van der Waals surface area contributed by atoms with E-state index in [0.29, 0.717) is 16.8 Å². The number of ether oxygens (including phenoxy) is 1. The van der Waals surface area contributed by atoms with Crippen LogP contribution in [0.15, 0.2) is 27.6 Å². The fourth-order valence-corrected chi connectivity index (χ4v) is 4.22. The molecule has 0 bridgehead atoms. The average Bonchev–Trinajstić information content (AvgIpc) is 2.39. The molecule has 0 aromatic heterocycles. The number of sulfonamides is 1. The first kappa shape index (κ1) is 18.8. The minimum Gasteiger partial charge on any atom is -0.492 e. The minimum absolute atomic E-state index is 0.0543. The molecule has 0 aliphatic carbocycles. The lowest BCUT2D eigenvalue weighted by atomic mass is 10.1. The summed E-state index contributed by atoms with van der Waals surface area (Å²) in [5.74, 6) is 0.726. The molecule has 0 fully saturated rings. The van der Waals surface area contributed by atoms with Crippen molar-refractivity contribution in [2.45, 2.75) is 24.3 Å². The van der Waals surface area contributed by atoms with Gasteiger partial charge < -0.3 is 9.84 Å². The van der Waals surface area contributed by atoms with E-state index in [1.54, 1.807) is 26.0 Å². The van der Waals surface area contributed by atoms with Gasteiger partial charge >= 0.3 is 0 Å². The van der Waals surface area contributed by atoms with Gasteiger partial charge in [-0.3, -0.25) is 0 Å². The maximum absolute atomic E-state index is 12.4. The van der Waals surface area contributed by atoms with E-state index in [0.717, 1.165) is 0 Å². The molecule has 0 saturated heterocycles. The Balaban J connectivity index is 3.00. The fraction of sp³-hybridized carbons (Fsp3) is 0.538. The molecule has 0 aliphatic heterocycles. The van der Waals surface area contributed by atoms with Gasteiger partial charge in [0.15, 0.2) is 0 Å². The van der Waals surface area contributed by atoms with Gasteiger partial charge in [0, 0.05) is 16.8 Å². The Bertz CT molecular complexity index is 576. The zero-order valence-corrected chi connectivity index (χ0v) is 15.4. The van der Waals surface area contributed by atoms with Crippen molar-refractivity contribution in [1.82, 2.24) is 4.72 Å². The molecule has 1 aromatic rings. The second kappa shape index (κ2) is 7.82. The third-order valence-electron chi connectivity index (χ3n) is 2.59. The van der Waals surface area contributed by atoms with Crippen LogP contribution in [0.25, 0.3) is 0 Å². The van der Waals surface area contributed by atoms with E-state index >= 15 is 0 Å². The zero-order valence-electron chi connectivity index (χ0n) is 12.2. The Kier molecular flexibility index (Phi) is 6.99. The van der Waals surface area contributed by atoms with Gasteiger partial charge in [-0.2, -0.15) is 11.8 Å².